The third-order valence-corrected chi connectivity index (χ3v) is 3.30. The molecule has 0 unspecified atom stereocenters. The first-order valence-electron chi connectivity index (χ1n) is 7.67. The summed E-state index contributed by atoms with van der Waals surface area (Å²) in [6.07, 6.45) is 1.73. The van der Waals surface area contributed by atoms with E-state index in [0.29, 0.717) is 12.4 Å². The van der Waals surface area contributed by atoms with E-state index in [-0.39, 0.29) is 11.1 Å². The first-order chi connectivity index (χ1) is 11.1. The van der Waals surface area contributed by atoms with Crippen molar-refractivity contribution in [2.45, 2.75) is 26.7 Å². The van der Waals surface area contributed by atoms with Gasteiger partial charge in [-0.2, -0.15) is 0 Å². The second kappa shape index (κ2) is 8.13. The quantitative estimate of drug-likeness (QED) is 0.456. The van der Waals surface area contributed by atoms with E-state index in [1.54, 1.807) is 36.4 Å². The van der Waals surface area contributed by atoms with E-state index in [1.807, 2.05) is 26.0 Å². The Hall–Kier alpha value is -2.62. The predicted octanol–water partition coefficient (Wildman–Crippen LogP) is 4.17. The molecule has 0 bridgehead atoms. The molecule has 4 nitrogen and oxygen atoms in total. The second-order valence-corrected chi connectivity index (χ2v) is 5.24. The van der Waals surface area contributed by atoms with Crippen LogP contribution in [0.3, 0.4) is 0 Å². The van der Waals surface area contributed by atoms with Crippen LogP contribution in [0.4, 0.5) is 0 Å². The minimum Gasteiger partial charge on any atom is -0.462 e. The van der Waals surface area contributed by atoms with Gasteiger partial charge in [-0.05, 0) is 43.2 Å². The van der Waals surface area contributed by atoms with Crippen molar-refractivity contribution in [1.82, 2.24) is 0 Å². The Morgan fingerprint density at radius 3 is 2.30 bits per heavy atom. The van der Waals surface area contributed by atoms with Gasteiger partial charge in [-0.25, -0.2) is 9.59 Å². The van der Waals surface area contributed by atoms with Crippen LogP contribution < -0.4 is 4.74 Å². The highest BCUT2D eigenvalue weighted by molar-refractivity contribution is 6.03. The summed E-state index contributed by atoms with van der Waals surface area (Å²) in [5, 5.41) is 0. The molecule has 0 aliphatic carbocycles. The van der Waals surface area contributed by atoms with Gasteiger partial charge in [-0.15, -0.1) is 0 Å². The molecular formula is C19H20O4. The van der Waals surface area contributed by atoms with Gasteiger partial charge in [0.05, 0.1) is 17.7 Å². The monoisotopic (exact) mass is 312 g/mol. The van der Waals surface area contributed by atoms with E-state index in [4.69, 9.17) is 9.47 Å². The van der Waals surface area contributed by atoms with Crippen LogP contribution in [0.2, 0.25) is 0 Å². The molecule has 0 aliphatic heterocycles. The zero-order valence-electron chi connectivity index (χ0n) is 13.4. The zero-order valence-corrected chi connectivity index (χ0v) is 13.4. The normalized spacial score (nSPS) is 10.2. The highest BCUT2D eigenvalue weighted by Gasteiger charge is 2.19. The lowest BCUT2D eigenvalue weighted by Gasteiger charge is -2.09. The first kappa shape index (κ1) is 16.7. The lowest BCUT2D eigenvalue weighted by atomic mass is 10.1. The van der Waals surface area contributed by atoms with Crippen LogP contribution in [0.1, 0.15) is 46.0 Å². The van der Waals surface area contributed by atoms with Gasteiger partial charge in [0.15, 0.2) is 0 Å². The van der Waals surface area contributed by atoms with Crippen molar-refractivity contribution in [1.29, 1.82) is 0 Å². The Balaban J connectivity index is 2.15. The van der Waals surface area contributed by atoms with E-state index in [2.05, 4.69) is 0 Å². The number of hydrogen-bond acceptors (Lipinski definition) is 4. The topological polar surface area (TPSA) is 52.6 Å². The van der Waals surface area contributed by atoms with Crippen LogP contribution in [-0.2, 0) is 4.74 Å². The molecule has 0 saturated carbocycles. The SMILES string of the molecule is CCCCOC(=O)c1ccccc1C(=O)Oc1cccc(C)c1. The average Bonchev–Trinajstić information content (AvgIpc) is 2.55. The first-order valence-corrected chi connectivity index (χ1v) is 7.67. The summed E-state index contributed by atoms with van der Waals surface area (Å²) in [7, 11) is 0. The molecule has 0 aromatic heterocycles. The zero-order chi connectivity index (χ0) is 16.7. The van der Waals surface area contributed by atoms with Crippen molar-refractivity contribution in [2.24, 2.45) is 0 Å². The number of aryl methyl sites for hydroxylation is 1. The molecule has 2 aromatic carbocycles. The second-order valence-electron chi connectivity index (χ2n) is 5.24. The minimum absolute atomic E-state index is 0.204. The summed E-state index contributed by atoms with van der Waals surface area (Å²) in [6, 6.07) is 13.7. The van der Waals surface area contributed by atoms with Crippen LogP contribution in [0.15, 0.2) is 48.5 Å². The largest absolute Gasteiger partial charge is 0.462 e. The molecule has 0 aliphatic rings. The van der Waals surface area contributed by atoms with Gasteiger partial charge in [-0.1, -0.05) is 37.6 Å². The molecule has 0 N–H and O–H groups in total. The molecule has 0 amide bonds. The third kappa shape index (κ3) is 4.68. The standard InChI is InChI=1S/C19H20O4/c1-3-4-12-22-18(20)16-10-5-6-11-17(16)19(21)23-15-9-7-8-14(2)13-15/h5-11,13H,3-4,12H2,1-2H3. The fourth-order valence-electron chi connectivity index (χ4n) is 2.07. The van der Waals surface area contributed by atoms with Crippen molar-refractivity contribution in [3.05, 3.63) is 65.2 Å². The smallest absolute Gasteiger partial charge is 0.344 e. The van der Waals surface area contributed by atoms with Gasteiger partial charge < -0.3 is 9.47 Å². The molecule has 2 rings (SSSR count). The summed E-state index contributed by atoms with van der Waals surface area (Å²) < 4.78 is 10.5. The number of rotatable bonds is 6. The number of benzene rings is 2. The number of unbranched alkanes of at least 4 members (excludes halogenated alkanes) is 1. The maximum absolute atomic E-state index is 12.4. The molecule has 0 heterocycles. The van der Waals surface area contributed by atoms with Gasteiger partial charge in [0.25, 0.3) is 0 Å². The Morgan fingerprint density at radius 1 is 0.957 bits per heavy atom. The van der Waals surface area contributed by atoms with Crippen molar-refractivity contribution in [2.75, 3.05) is 6.61 Å². The van der Waals surface area contributed by atoms with Crippen LogP contribution in [0.5, 0.6) is 5.75 Å². The summed E-state index contributed by atoms with van der Waals surface area (Å²) in [5.41, 5.74) is 1.42. The maximum atomic E-state index is 12.4. The lowest BCUT2D eigenvalue weighted by Crippen LogP contribution is -2.16. The summed E-state index contributed by atoms with van der Waals surface area (Å²) >= 11 is 0. The van der Waals surface area contributed by atoms with E-state index >= 15 is 0 Å². The number of carbonyl (C=O) groups excluding carboxylic acids is 2. The van der Waals surface area contributed by atoms with Crippen molar-refractivity contribution < 1.29 is 19.1 Å². The molecule has 4 heteroatoms. The highest BCUT2D eigenvalue weighted by atomic mass is 16.5. The van der Waals surface area contributed by atoms with Crippen molar-refractivity contribution >= 4 is 11.9 Å². The van der Waals surface area contributed by atoms with E-state index in [0.717, 1.165) is 18.4 Å². The van der Waals surface area contributed by atoms with E-state index in [9.17, 15) is 9.59 Å². The Kier molecular flexibility index (Phi) is 5.92. The molecule has 2 aromatic rings. The molecule has 0 atom stereocenters. The molecule has 0 spiro atoms. The van der Waals surface area contributed by atoms with Gasteiger partial charge in [0.1, 0.15) is 5.75 Å². The molecule has 23 heavy (non-hydrogen) atoms. The van der Waals surface area contributed by atoms with Crippen molar-refractivity contribution in [3.8, 4) is 5.75 Å². The van der Waals surface area contributed by atoms with Crippen molar-refractivity contribution in [3.63, 3.8) is 0 Å². The lowest BCUT2D eigenvalue weighted by molar-refractivity contribution is 0.0491. The maximum Gasteiger partial charge on any atom is 0.344 e. The van der Waals surface area contributed by atoms with Crippen LogP contribution in [0, 0.1) is 6.92 Å². The molecule has 0 fully saturated rings. The summed E-state index contributed by atoms with van der Waals surface area (Å²) in [4.78, 5) is 24.5. The summed E-state index contributed by atoms with van der Waals surface area (Å²) in [5.74, 6) is -0.627. The average molecular weight is 312 g/mol. The van der Waals surface area contributed by atoms with E-state index in [1.165, 1.54) is 0 Å². The number of hydrogen-bond donors (Lipinski definition) is 0. The van der Waals surface area contributed by atoms with Gasteiger partial charge >= 0.3 is 11.9 Å². The van der Waals surface area contributed by atoms with Crippen LogP contribution in [0.25, 0.3) is 0 Å². The Labute approximate surface area is 136 Å². The minimum atomic E-state index is -0.571. The molecule has 120 valence electrons. The van der Waals surface area contributed by atoms with E-state index < -0.39 is 11.9 Å². The van der Waals surface area contributed by atoms with Gasteiger partial charge in [0, 0.05) is 0 Å². The van der Waals surface area contributed by atoms with Gasteiger partial charge in [-0.3, -0.25) is 0 Å². The van der Waals surface area contributed by atoms with Crippen LogP contribution in [-0.4, -0.2) is 18.5 Å². The Bertz CT molecular complexity index is 691. The number of esters is 2. The predicted molar refractivity (Wildman–Crippen MR) is 87.8 cm³/mol. The number of ether oxygens (including phenoxy) is 2. The van der Waals surface area contributed by atoms with Gasteiger partial charge in [0.2, 0.25) is 0 Å². The number of carbonyl (C=O) groups is 2. The summed E-state index contributed by atoms with van der Waals surface area (Å²) in [6.45, 7) is 4.27. The molecule has 0 saturated heterocycles. The van der Waals surface area contributed by atoms with Crippen LogP contribution >= 0.6 is 0 Å². The molecule has 0 radical (unpaired) electrons. The highest BCUT2D eigenvalue weighted by Crippen LogP contribution is 2.17. The molecular weight excluding hydrogens is 292 g/mol. The Morgan fingerprint density at radius 2 is 1.65 bits per heavy atom. The fourth-order valence-corrected chi connectivity index (χ4v) is 2.07. The third-order valence-electron chi connectivity index (χ3n) is 3.30. The fraction of sp³-hybridized carbons (Fsp3) is 0.263.